The highest BCUT2D eigenvalue weighted by atomic mass is 35.5. The lowest BCUT2D eigenvalue weighted by Crippen LogP contribution is -2.24. The predicted octanol–water partition coefficient (Wildman–Crippen LogP) is 2.71. The first-order valence-electron chi connectivity index (χ1n) is 6.51. The molecule has 20 heavy (non-hydrogen) atoms. The van der Waals surface area contributed by atoms with Gasteiger partial charge < -0.3 is 9.42 Å². The molecule has 2 aromatic heterocycles. The van der Waals surface area contributed by atoms with Crippen molar-refractivity contribution in [1.82, 2.24) is 15.1 Å². The SMILES string of the molecule is ClCc1nc(C2C3CN(c4cc(Cl)ccn4)CC32)no1. The fourth-order valence-corrected chi connectivity index (χ4v) is 3.38. The molecule has 0 radical (unpaired) electrons. The van der Waals surface area contributed by atoms with Gasteiger partial charge in [0, 0.05) is 30.2 Å². The van der Waals surface area contributed by atoms with Crippen molar-refractivity contribution in [2.45, 2.75) is 11.8 Å². The molecule has 5 nitrogen and oxygen atoms in total. The lowest BCUT2D eigenvalue weighted by atomic mass is 10.2. The number of pyridine rings is 1. The summed E-state index contributed by atoms with van der Waals surface area (Å²) in [5, 5.41) is 4.74. The maximum absolute atomic E-state index is 6.00. The average molecular weight is 311 g/mol. The number of halogens is 2. The van der Waals surface area contributed by atoms with Gasteiger partial charge in [-0.05, 0) is 24.0 Å². The van der Waals surface area contributed by atoms with Gasteiger partial charge >= 0.3 is 0 Å². The molecule has 2 unspecified atom stereocenters. The Morgan fingerprint density at radius 2 is 2.15 bits per heavy atom. The molecular weight excluding hydrogens is 299 g/mol. The summed E-state index contributed by atoms with van der Waals surface area (Å²) in [7, 11) is 0. The first kappa shape index (κ1) is 12.4. The average Bonchev–Trinajstić information content (AvgIpc) is 2.87. The molecule has 0 bridgehead atoms. The Kier molecular flexibility index (Phi) is 2.86. The van der Waals surface area contributed by atoms with E-state index in [9.17, 15) is 0 Å². The number of fused-ring (bicyclic) bond motifs is 1. The van der Waals surface area contributed by atoms with Crippen LogP contribution in [0.2, 0.25) is 5.02 Å². The summed E-state index contributed by atoms with van der Waals surface area (Å²) in [6, 6.07) is 3.69. The first-order valence-corrected chi connectivity index (χ1v) is 7.42. The van der Waals surface area contributed by atoms with Gasteiger partial charge in [-0.3, -0.25) is 0 Å². The molecule has 0 spiro atoms. The van der Waals surface area contributed by atoms with E-state index >= 15 is 0 Å². The maximum Gasteiger partial charge on any atom is 0.241 e. The van der Waals surface area contributed by atoms with Gasteiger partial charge in [-0.15, -0.1) is 11.6 Å². The Hall–Kier alpha value is -1.33. The number of nitrogens with zero attached hydrogens (tertiary/aromatic N) is 4. The summed E-state index contributed by atoms with van der Waals surface area (Å²) in [6.07, 6.45) is 1.74. The molecule has 0 aromatic carbocycles. The van der Waals surface area contributed by atoms with E-state index in [1.807, 2.05) is 6.07 Å². The lowest BCUT2D eigenvalue weighted by Gasteiger charge is -2.20. The minimum Gasteiger partial charge on any atom is -0.356 e. The van der Waals surface area contributed by atoms with E-state index in [1.54, 1.807) is 12.3 Å². The third-order valence-corrected chi connectivity index (χ3v) is 4.59. The van der Waals surface area contributed by atoms with Gasteiger partial charge in [0.05, 0.1) is 0 Å². The summed E-state index contributed by atoms with van der Waals surface area (Å²) in [5.41, 5.74) is 0. The van der Waals surface area contributed by atoms with E-state index in [1.165, 1.54) is 0 Å². The fraction of sp³-hybridized carbons (Fsp3) is 0.462. The van der Waals surface area contributed by atoms with Crippen LogP contribution < -0.4 is 4.90 Å². The molecule has 7 heteroatoms. The topological polar surface area (TPSA) is 55.1 Å². The summed E-state index contributed by atoms with van der Waals surface area (Å²) in [6.45, 7) is 1.93. The molecule has 0 N–H and O–H groups in total. The van der Waals surface area contributed by atoms with Crippen LogP contribution in [0.4, 0.5) is 5.82 Å². The molecule has 1 aliphatic heterocycles. The molecule has 1 saturated carbocycles. The first-order chi connectivity index (χ1) is 9.76. The van der Waals surface area contributed by atoms with Gasteiger partial charge in [0.1, 0.15) is 11.7 Å². The second kappa shape index (κ2) is 4.60. The van der Waals surface area contributed by atoms with E-state index in [2.05, 4.69) is 20.0 Å². The van der Waals surface area contributed by atoms with E-state index in [-0.39, 0.29) is 5.88 Å². The van der Waals surface area contributed by atoms with Crippen molar-refractivity contribution in [2.24, 2.45) is 11.8 Å². The van der Waals surface area contributed by atoms with E-state index in [4.69, 9.17) is 27.7 Å². The van der Waals surface area contributed by atoms with Crippen molar-refractivity contribution in [3.63, 3.8) is 0 Å². The van der Waals surface area contributed by atoms with E-state index in [0.717, 1.165) is 29.8 Å². The molecule has 0 amide bonds. The molecule has 2 aromatic rings. The second-order valence-corrected chi connectivity index (χ2v) is 5.97. The Balaban J connectivity index is 1.46. The van der Waals surface area contributed by atoms with Crippen molar-refractivity contribution in [3.8, 4) is 0 Å². The van der Waals surface area contributed by atoms with Gasteiger partial charge in [0.25, 0.3) is 0 Å². The number of hydrogen-bond donors (Lipinski definition) is 0. The van der Waals surface area contributed by atoms with Crippen LogP contribution in [0, 0.1) is 11.8 Å². The molecule has 4 rings (SSSR count). The van der Waals surface area contributed by atoms with Crippen LogP contribution in [-0.4, -0.2) is 28.2 Å². The minimum atomic E-state index is 0.271. The van der Waals surface area contributed by atoms with Crippen molar-refractivity contribution in [1.29, 1.82) is 0 Å². The highest BCUT2D eigenvalue weighted by molar-refractivity contribution is 6.30. The van der Waals surface area contributed by atoms with E-state index in [0.29, 0.717) is 23.6 Å². The number of alkyl halides is 1. The smallest absolute Gasteiger partial charge is 0.241 e. The Bertz CT molecular complexity index is 635. The summed E-state index contributed by atoms with van der Waals surface area (Å²) in [4.78, 5) is 11.0. The Morgan fingerprint density at radius 1 is 1.35 bits per heavy atom. The fourth-order valence-electron chi connectivity index (χ4n) is 3.12. The van der Waals surface area contributed by atoms with Crippen molar-refractivity contribution >= 4 is 29.0 Å². The molecule has 2 fully saturated rings. The third-order valence-electron chi connectivity index (χ3n) is 4.12. The molecular formula is C13H12Cl2N4O. The third kappa shape index (κ3) is 1.96. The second-order valence-electron chi connectivity index (χ2n) is 5.27. The molecule has 1 aliphatic carbocycles. The zero-order chi connectivity index (χ0) is 13.7. The van der Waals surface area contributed by atoms with Crippen LogP contribution in [0.25, 0.3) is 0 Å². The van der Waals surface area contributed by atoms with Crippen LogP contribution >= 0.6 is 23.2 Å². The Labute approximate surface area is 125 Å². The largest absolute Gasteiger partial charge is 0.356 e. The quantitative estimate of drug-likeness (QED) is 0.816. The van der Waals surface area contributed by atoms with Crippen LogP contribution in [0.5, 0.6) is 0 Å². The molecule has 3 heterocycles. The number of piperidine rings is 1. The van der Waals surface area contributed by atoms with E-state index < -0.39 is 0 Å². The zero-order valence-corrected chi connectivity index (χ0v) is 12.1. The van der Waals surface area contributed by atoms with Crippen LogP contribution in [-0.2, 0) is 5.88 Å². The van der Waals surface area contributed by atoms with Crippen LogP contribution in [0.15, 0.2) is 22.9 Å². The monoisotopic (exact) mass is 310 g/mol. The minimum absolute atomic E-state index is 0.271. The van der Waals surface area contributed by atoms with Crippen LogP contribution in [0.3, 0.4) is 0 Å². The number of rotatable bonds is 3. The van der Waals surface area contributed by atoms with Gasteiger partial charge in [0.2, 0.25) is 5.89 Å². The number of anilines is 1. The van der Waals surface area contributed by atoms with Gasteiger partial charge in [-0.1, -0.05) is 16.8 Å². The highest BCUT2D eigenvalue weighted by Gasteiger charge is 2.58. The molecule has 1 saturated heterocycles. The zero-order valence-electron chi connectivity index (χ0n) is 10.5. The van der Waals surface area contributed by atoms with Gasteiger partial charge in [-0.25, -0.2) is 4.98 Å². The highest BCUT2D eigenvalue weighted by Crippen LogP contribution is 2.57. The number of aromatic nitrogens is 3. The number of hydrogen-bond acceptors (Lipinski definition) is 5. The predicted molar refractivity (Wildman–Crippen MR) is 75.0 cm³/mol. The lowest BCUT2D eigenvalue weighted by molar-refractivity contribution is 0.383. The molecule has 2 aliphatic rings. The van der Waals surface area contributed by atoms with Crippen molar-refractivity contribution < 1.29 is 4.52 Å². The van der Waals surface area contributed by atoms with Crippen molar-refractivity contribution in [2.75, 3.05) is 18.0 Å². The standard InChI is InChI=1S/C13H12Cl2N4O/c14-4-11-17-13(18-20-11)12-8-5-19(6-9(8)12)10-3-7(15)1-2-16-10/h1-3,8-9,12H,4-6H2. The normalized spacial score (nSPS) is 27.7. The summed E-state index contributed by atoms with van der Waals surface area (Å²) >= 11 is 11.7. The Morgan fingerprint density at radius 3 is 2.80 bits per heavy atom. The summed E-state index contributed by atoms with van der Waals surface area (Å²) in [5.74, 6) is 4.08. The van der Waals surface area contributed by atoms with Crippen molar-refractivity contribution in [3.05, 3.63) is 35.1 Å². The molecule has 104 valence electrons. The van der Waals surface area contributed by atoms with Gasteiger partial charge in [-0.2, -0.15) is 4.98 Å². The van der Waals surface area contributed by atoms with Gasteiger partial charge in [0.15, 0.2) is 5.82 Å². The summed E-state index contributed by atoms with van der Waals surface area (Å²) < 4.78 is 5.07. The maximum atomic E-state index is 6.00. The van der Waals surface area contributed by atoms with Crippen LogP contribution in [0.1, 0.15) is 17.6 Å². The molecule has 2 atom stereocenters.